The van der Waals surface area contributed by atoms with E-state index in [1.165, 1.54) is 22.4 Å². The Morgan fingerprint density at radius 3 is 2.42 bits per heavy atom. The van der Waals surface area contributed by atoms with Crippen molar-refractivity contribution >= 4 is 5.96 Å². The fraction of sp³-hybridized carbons (Fsp3) is 0.524. The first-order chi connectivity index (χ1) is 12.4. The lowest BCUT2D eigenvalue weighted by Crippen LogP contribution is -2.38. The molecule has 5 heteroatoms. The Balaban J connectivity index is 1.92. The summed E-state index contributed by atoms with van der Waals surface area (Å²) in [6.07, 6.45) is 0.948. The van der Waals surface area contributed by atoms with Crippen LogP contribution in [0.15, 0.2) is 29.3 Å². The van der Waals surface area contributed by atoms with Gasteiger partial charge in [0, 0.05) is 38.3 Å². The van der Waals surface area contributed by atoms with E-state index < -0.39 is 0 Å². The number of nitrogens with one attached hydrogen (secondary N) is 2. The molecule has 5 nitrogen and oxygen atoms in total. The van der Waals surface area contributed by atoms with Crippen molar-refractivity contribution in [1.29, 1.82) is 0 Å². The minimum Gasteiger partial charge on any atom is -0.357 e. The quantitative estimate of drug-likeness (QED) is 0.592. The Labute approximate surface area is 157 Å². The highest BCUT2D eigenvalue weighted by Crippen LogP contribution is 2.16. The van der Waals surface area contributed by atoms with Crippen molar-refractivity contribution in [3.63, 3.8) is 0 Å². The molecule has 0 saturated carbocycles. The SMILES string of the molecule is CCNC(=NCC(C)c1ccc(C)cc1)NCCc1c(C)nn(C)c1C. The predicted molar refractivity (Wildman–Crippen MR) is 110 cm³/mol. The van der Waals surface area contributed by atoms with Gasteiger partial charge >= 0.3 is 0 Å². The molecule has 1 unspecified atom stereocenters. The van der Waals surface area contributed by atoms with E-state index in [4.69, 9.17) is 4.99 Å². The number of hydrogen-bond donors (Lipinski definition) is 2. The summed E-state index contributed by atoms with van der Waals surface area (Å²) >= 11 is 0. The molecule has 1 heterocycles. The molecule has 0 aliphatic heterocycles. The molecule has 0 bridgehead atoms. The fourth-order valence-electron chi connectivity index (χ4n) is 3.06. The van der Waals surface area contributed by atoms with Gasteiger partial charge < -0.3 is 10.6 Å². The third-order valence-corrected chi connectivity index (χ3v) is 4.84. The molecule has 2 aromatic rings. The summed E-state index contributed by atoms with van der Waals surface area (Å²) in [5.41, 5.74) is 6.29. The summed E-state index contributed by atoms with van der Waals surface area (Å²) in [5.74, 6) is 1.28. The second kappa shape index (κ2) is 9.41. The highest BCUT2D eigenvalue weighted by molar-refractivity contribution is 5.79. The number of hydrogen-bond acceptors (Lipinski definition) is 2. The van der Waals surface area contributed by atoms with E-state index >= 15 is 0 Å². The lowest BCUT2D eigenvalue weighted by molar-refractivity contribution is 0.728. The summed E-state index contributed by atoms with van der Waals surface area (Å²) in [4.78, 5) is 4.77. The first-order valence-electron chi connectivity index (χ1n) is 9.50. The average molecular weight is 356 g/mol. The molecule has 0 fully saturated rings. The number of rotatable bonds is 7. The van der Waals surface area contributed by atoms with Crippen molar-refractivity contribution in [3.8, 4) is 0 Å². The standard InChI is InChI=1S/C21H33N5/c1-7-22-21(23-13-12-20-17(4)25-26(6)18(20)5)24-14-16(3)19-10-8-15(2)9-11-19/h8-11,16H,7,12-14H2,1-6H3,(H2,22,23,24). The van der Waals surface area contributed by atoms with Crippen molar-refractivity contribution in [1.82, 2.24) is 20.4 Å². The number of benzene rings is 1. The summed E-state index contributed by atoms with van der Waals surface area (Å²) in [6, 6.07) is 8.72. The van der Waals surface area contributed by atoms with Crippen LogP contribution in [0.1, 0.15) is 47.8 Å². The Morgan fingerprint density at radius 2 is 1.85 bits per heavy atom. The molecule has 26 heavy (non-hydrogen) atoms. The van der Waals surface area contributed by atoms with Gasteiger partial charge in [0.05, 0.1) is 5.69 Å². The Hall–Kier alpha value is -2.30. The Bertz CT molecular complexity index is 728. The van der Waals surface area contributed by atoms with Gasteiger partial charge in [-0.1, -0.05) is 36.8 Å². The minimum absolute atomic E-state index is 0.397. The molecule has 0 aliphatic rings. The van der Waals surface area contributed by atoms with Crippen LogP contribution in [0.4, 0.5) is 0 Å². The van der Waals surface area contributed by atoms with Gasteiger partial charge in [-0.25, -0.2) is 0 Å². The van der Waals surface area contributed by atoms with Crippen molar-refractivity contribution in [2.24, 2.45) is 12.0 Å². The molecule has 2 N–H and O–H groups in total. The molecule has 1 atom stereocenters. The van der Waals surface area contributed by atoms with Gasteiger partial charge in [-0.15, -0.1) is 0 Å². The van der Waals surface area contributed by atoms with Crippen LogP contribution in [0.5, 0.6) is 0 Å². The van der Waals surface area contributed by atoms with Crippen molar-refractivity contribution < 1.29 is 0 Å². The molecule has 1 aromatic heterocycles. The maximum absolute atomic E-state index is 4.77. The van der Waals surface area contributed by atoms with Crippen LogP contribution in [-0.4, -0.2) is 35.4 Å². The van der Waals surface area contributed by atoms with Gasteiger partial charge in [0.15, 0.2) is 5.96 Å². The molecule has 0 amide bonds. The first-order valence-corrected chi connectivity index (χ1v) is 9.50. The number of nitrogens with zero attached hydrogens (tertiary/aromatic N) is 3. The number of aromatic nitrogens is 2. The topological polar surface area (TPSA) is 54.2 Å². The molecule has 0 spiro atoms. The van der Waals surface area contributed by atoms with E-state index in [-0.39, 0.29) is 0 Å². The smallest absolute Gasteiger partial charge is 0.191 e. The second-order valence-electron chi connectivity index (χ2n) is 6.98. The van der Waals surface area contributed by atoms with E-state index in [9.17, 15) is 0 Å². The highest BCUT2D eigenvalue weighted by Gasteiger charge is 2.09. The molecular formula is C21H33N5. The van der Waals surface area contributed by atoms with Crippen molar-refractivity contribution in [2.45, 2.75) is 47.0 Å². The van der Waals surface area contributed by atoms with Crippen LogP contribution in [0, 0.1) is 20.8 Å². The van der Waals surface area contributed by atoms with E-state index in [1.54, 1.807) is 0 Å². The molecule has 142 valence electrons. The number of aryl methyl sites for hydroxylation is 3. The van der Waals surface area contributed by atoms with E-state index in [0.717, 1.165) is 37.7 Å². The maximum Gasteiger partial charge on any atom is 0.191 e. The monoisotopic (exact) mass is 355 g/mol. The van der Waals surface area contributed by atoms with Gasteiger partial charge in [-0.05, 0) is 45.2 Å². The van der Waals surface area contributed by atoms with Crippen molar-refractivity contribution in [2.75, 3.05) is 19.6 Å². The van der Waals surface area contributed by atoms with Crippen LogP contribution < -0.4 is 10.6 Å². The maximum atomic E-state index is 4.77. The molecule has 0 saturated heterocycles. The van der Waals surface area contributed by atoms with Crippen LogP contribution in [0.25, 0.3) is 0 Å². The first kappa shape index (κ1) is 20.0. The van der Waals surface area contributed by atoms with E-state index in [1.807, 2.05) is 11.7 Å². The normalized spacial score (nSPS) is 12.9. The summed E-state index contributed by atoms with van der Waals surface area (Å²) in [7, 11) is 2.00. The predicted octanol–water partition coefficient (Wildman–Crippen LogP) is 3.25. The zero-order valence-electron chi connectivity index (χ0n) is 17.1. The largest absolute Gasteiger partial charge is 0.357 e. The van der Waals surface area contributed by atoms with Crippen LogP contribution >= 0.6 is 0 Å². The minimum atomic E-state index is 0.397. The third-order valence-electron chi connectivity index (χ3n) is 4.84. The molecule has 0 radical (unpaired) electrons. The van der Waals surface area contributed by atoms with Gasteiger partial charge in [0.25, 0.3) is 0 Å². The second-order valence-corrected chi connectivity index (χ2v) is 6.98. The van der Waals surface area contributed by atoms with Gasteiger partial charge in [-0.2, -0.15) is 5.10 Å². The average Bonchev–Trinajstić information content (AvgIpc) is 2.86. The lowest BCUT2D eigenvalue weighted by Gasteiger charge is -2.14. The van der Waals surface area contributed by atoms with Crippen LogP contribution in [0.2, 0.25) is 0 Å². The summed E-state index contributed by atoms with van der Waals surface area (Å²) in [6.45, 7) is 13.1. The number of aliphatic imine (C=N–C) groups is 1. The van der Waals surface area contributed by atoms with Gasteiger partial charge in [0.2, 0.25) is 0 Å². The zero-order chi connectivity index (χ0) is 19.1. The molecule has 0 aliphatic carbocycles. The van der Waals surface area contributed by atoms with Crippen LogP contribution in [-0.2, 0) is 13.5 Å². The van der Waals surface area contributed by atoms with Crippen molar-refractivity contribution in [3.05, 3.63) is 52.3 Å². The Kier molecular flexibility index (Phi) is 7.25. The third kappa shape index (κ3) is 5.35. The zero-order valence-corrected chi connectivity index (χ0v) is 17.1. The molecule has 2 rings (SSSR count). The number of guanidine groups is 1. The molecule has 1 aromatic carbocycles. The summed E-state index contributed by atoms with van der Waals surface area (Å²) < 4.78 is 1.95. The van der Waals surface area contributed by atoms with E-state index in [2.05, 4.69) is 74.6 Å². The lowest BCUT2D eigenvalue weighted by atomic mass is 10.0. The summed E-state index contributed by atoms with van der Waals surface area (Å²) in [5, 5.41) is 11.3. The van der Waals surface area contributed by atoms with Gasteiger partial charge in [0.1, 0.15) is 0 Å². The fourth-order valence-corrected chi connectivity index (χ4v) is 3.06. The molecular weight excluding hydrogens is 322 g/mol. The highest BCUT2D eigenvalue weighted by atomic mass is 15.3. The van der Waals surface area contributed by atoms with E-state index in [0.29, 0.717) is 5.92 Å². The van der Waals surface area contributed by atoms with Crippen LogP contribution in [0.3, 0.4) is 0 Å². The van der Waals surface area contributed by atoms with Gasteiger partial charge in [-0.3, -0.25) is 9.67 Å². The Morgan fingerprint density at radius 1 is 1.15 bits per heavy atom.